The molecule has 0 aliphatic carbocycles. The minimum absolute atomic E-state index is 0.177. The van der Waals surface area contributed by atoms with Crippen molar-refractivity contribution in [2.24, 2.45) is 0 Å². The standard InChI is InChI=1S/C22H29Cl2NO/c1-2-3-4-5-6-7-16-25-21(17-8-12-19(23)13-9-17)22(26)18-10-14-20(24)15-11-18/h8-15,21-22,25-26H,2-7,16H2,1H3/t21-,22+/m0/s1. The van der Waals surface area contributed by atoms with Gasteiger partial charge in [-0.3, -0.25) is 0 Å². The maximum absolute atomic E-state index is 10.9. The summed E-state index contributed by atoms with van der Waals surface area (Å²) in [4.78, 5) is 0. The predicted molar refractivity (Wildman–Crippen MR) is 112 cm³/mol. The first kappa shape index (κ1) is 21.2. The maximum Gasteiger partial charge on any atom is 0.0984 e. The third-order valence-corrected chi connectivity index (χ3v) is 5.15. The molecule has 0 amide bonds. The van der Waals surface area contributed by atoms with Crippen LogP contribution in [0.4, 0.5) is 0 Å². The zero-order valence-electron chi connectivity index (χ0n) is 15.4. The largest absolute Gasteiger partial charge is 0.386 e. The van der Waals surface area contributed by atoms with E-state index in [-0.39, 0.29) is 6.04 Å². The van der Waals surface area contributed by atoms with Crippen molar-refractivity contribution in [2.75, 3.05) is 6.54 Å². The molecule has 2 atom stereocenters. The lowest BCUT2D eigenvalue weighted by Gasteiger charge is -2.25. The highest BCUT2D eigenvalue weighted by Gasteiger charge is 2.22. The van der Waals surface area contributed by atoms with Crippen LogP contribution in [-0.2, 0) is 0 Å². The van der Waals surface area contributed by atoms with Crippen molar-refractivity contribution in [3.8, 4) is 0 Å². The second-order valence-electron chi connectivity index (χ2n) is 6.75. The smallest absolute Gasteiger partial charge is 0.0984 e. The molecule has 0 heterocycles. The molecule has 2 aromatic carbocycles. The molecule has 0 saturated carbocycles. The fourth-order valence-corrected chi connectivity index (χ4v) is 3.35. The summed E-state index contributed by atoms with van der Waals surface area (Å²) in [5, 5.41) is 15.8. The van der Waals surface area contributed by atoms with Crippen LogP contribution in [0.1, 0.15) is 68.7 Å². The van der Waals surface area contributed by atoms with E-state index in [4.69, 9.17) is 23.2 Å². The van der Waals surface area contributed by atoms with Gasteiger partial charge in [-0.15, -0.1) is 0 Å². The Morgan fingerprint density at radius 2 is 1.27 bits per heavy atom. The number of hydrogen-bond acceptors (Lipinski definition) is 2. The lowest BCUT2D eigenvalue weighted by molar-refractivity contribution is 0.128. The van der Waals surface area contributed by atoms with E-state index in [1.54, 1.807) is 0 Å². The average Bonchev–Trinajstić information content (AvgIpc) is 2.65. The molecule has 2 nitrogen and oxygen atoms in total. The highest BCUT2D eigenvalue weighted by Crippen LogP contribution is 2.30. The third kappa shape index (κ3) is 6.92. The van der Waals surface area contributed by atoms with Crippen molar-refractivity contribution in [1.82, 2.24) is 5.32 Å². The van der Waals surface area contributed by atoms with Crippen molar-refractivity contribution < 1.29 is 5.11 Å². The topological polar surface area (TPSA) is 32.3 Å². The lowest BCUT2D eigenvalue weighted by Crippen LogP contribution is -2.28. The van der Waals surface area contributed by atoms with Gasteiger partial charge in [0.25, 0.3) is 0 Å². The number of hydrogen-bond donors (Lipinski definition) is 2. The molecule has 0 aliphatic heterocycles. The van der Waals surface area contributed by atoms with Crippen LogP contribution in [-0.4, -0.2) is 11.7 Å². The third-order valence-electron chi connectivity index (χ3n) is 4.65. The molecule has 142 valence electrons. The molecule has 2 aromatic rings. The maximum atomic E-state index is 10.9. The number of unbranched alkanes of at least 4 members (excludes halogenated alkanes) is 5. The van der Waals surface area contributed by atoms with Gasteiger partial charge >= 0.3 is 0 Å². The summed E-state index contributed by atoms with van der Waals surface area (Å²) < 4.78 is 0. The van der Waals surface area contributed by atoms with E-state index in [0.717, 1.165) is 24.1 Å². The van der Waals surface area contributed by atoms with Gasteiger partial charge < -0.3 is 10.4 Å². The minimum atomic E-state index is -0.645. The van der Waals surface area contributed by atoms with Gasteiger partial charge in [-0.1, -0.05) is 86.5 Å². The molecule has 2 N–H and O–H groups in total. The molecule has 0 spiro atoms. The van der Waals surface area contributed by atoms with Crippen LogP contribution in [0.3, 0.4) is 0 Å². The molecular formula is C22H29Cl2NO. The zero-order valence-corrected chi connectivity index (χ0v) is 16.9. The van der Waals surface area contributed by atoms with Gasteiger partial charge in [0.05, 0.1) is 12.1 Å². The van der Waals surface area contributed by atoms with Crippen molar-refractivity contribution >= 4 is 23.2 Å². The normalized spacial score (nSPS) is 13.5. The SMILES string of the molecule is CCCCCCCCN[C@@H](c1ccc(Cl)cc1)[C@H](O)c1ccc(Cl)cc1. The van der Waals surface area contributed by atoms with E-state index >= 15 is 0 Å². The first-order valence-electron chi connectivity index (χ1n) is 9.54. The summed E-state index contributed by atoms with van der Waals surface area (Å²) in [6.07, 6.45) is 6.86. The Morgan fingerprint density at radius 3 is 1.85 bits per heavy atom. The number of nitrogens with one attached hydrogen (secondary N) is 1. The van der Waals surface area contributed by atoms with Crippen molar-refractivity contribution in [3.05, 3.63) is 69.7 Å². The molecule has 0 aliphatic rings. The second kappa shape index (κ2) is 11.6. The second-order valence-corrected chi connectivity index (χ2v) is 7.62. The molecule has 2 rings (SSSR count). The quantitative estimate of drug-likeness (QED) is 0.415. The van der Waals surface area contributed by atoms with E-state index in [9.17, 15) is 5.11 Å². The Morgan fingerprint density at radius 1 is 0.769 bits per heavy atom. The first-order chi connectivity index (χ1) is 12.6. The monoisotopic (exact) mass is 393 g/mol. The van der Waals surface area contributed by atoms with Gasteiger partial charge in [-0.2, -0.15) is 0 Å². The van der Waals surface area contributed by atoms with E-state index in [2.05, 4.69) is 12.2 Å². The first-order valence-corrected chi connectivity index (χ1v) is 10.3. The van der Waals surface area contributed by atoms with Crippen LogP contribution in [0.2, 0.25) is 10.0 Å². The summed E-state index contributed by atoms with van der Waals surface area (Å²) in [6, 6.07) is 14.9. The Bertz CT molecular complexity index is 628. The number of aliphatic hydroxyl groups excluding tert-OH is 1. The van der Waals surface area contributed by atoms with Crippen molar-refractivity contribution in [2.45, 2.75) is 57.6 Å². The van der Waals surface area contributed by atoms with Gasteiger partial charge in [-0.05, 0) is 48.4 Å². The van der Waals surface area contributed by atoms with Gasteiger partial charge in [0, 0.05) is 10.0 Å². The summed E-state index contributed by atoms with van der Waals surface area (Å²) in [7, 11) is 0. The van der Waals surface area contributed by atoms with Gasteiger partial charge in [-0.25, -0.2) is 0 Å². The Labute approximate surface area is 167 Å². The number of benzene rings is 2. The summed E-state index contributed by atoms with van der Waals surface area (Å²) in [5.74, 6) is 0. The Hall–Kier alpha value is -1.06. The summed E-state index contributed by atoms with van der Waals surface area (Å²) in [6.45, 7) is 3.11. The fourth-order valence-electron chi connectivity index (χ4n) is 3.10. The van der Waals surface area contributed by atoms with Gasteiger partial charge in [0.1, 0.15) is 0 Å². The molecule has 26 heavy (non-hydrogen) atoms. The molecule has 4 heteroatoms. The van der Waals surface area contributed by atoms with Gasteiger partial charge in [0.15, 0.2) is 0 Å². The molecule has 0 aromatic heterocycles. The van der Waals surface area contributed by atoms with E-state index < -0.39 is 6.10 Å². The highest BCUT2D eigenvalue weighted by atomic mass is 35.5. The van der Waals surface area contributed by atoms with E-state index in [0.29, 0.717) is 10.0 Å². The van der Waals surface area contributed by atoms with Gasteiger partial charge in [0.2, 0.25) is 0 Å². The van der Waals surface area contributed by atoms with Crippen LogP contribution in [0.5, 0.6) is 0 Å². The Kier molecular flexibility index (Phi) is 9.49. The average molecular weight is 394 g/mol. The number of rotatable bonds is 11. The molecule has 0 radical (unpaired) electrons. The fraction of sp³-hybridized carbons (Fsp3) is 0.455. The lowest BCUT2D eigenvalue weighted by atomic mass is 9.95. The van der Waals surface area contributed by atoms with Crippen LogP contribution < -0.4 is 5.32 Å². The van der Waals surface area contributed by atoms with Crippen LogP contribution >= 0.6 is 23.2 Å². The predicted octanol–water partition coefficient (Wildman–Crippen LogP) is 6.72. The molecule has 0 bridgehead atoms. The van der Waals surface area contributed by atoms with Crippen LogP contribution in [0.15, 0.2) is 48.5 Å². The van der Waals surface area contributed by atoms with Crippen LogP contribution in [0.25, 0.3) is 0 Å². The molecule has 0 saturated heterocycles. The molecule has 0 unspecified atom stereocenters. The Balaban J connectivity index is 1.99. The summed E-state index contributed by atoms with van der Waals surface area (Å²) >= 11 is 12.0. The summed E-state index contributed by atoms with van der Waals surface area (Å²) in [5.41, 5.74) is 1.88. The van der Waals surface area contributed by atoms with Crippen molar-refractivity contribution in [1.29, 1.82) is 0 Å². The minimum Gasteiger partial charge on any atom is -0.386 e. The number of aliphatic hydroxyl groups is 1. The van der Waals surface area contributed by atoms with E-state index in [1.807, 2.05) is 48.5 Å². The molecular weight excluding hydrogens is 365 g/mol. The molecule has 0 fully saturated rings. The van der Waals surface area contributed by atoms with Crippen LogP contribution in [0, 0.1) is 0 Å². The number of halogens is 2. The zero-order chi connectivity index (χ0) is 18.8. The highest BCUT2D eigenvalue weighted by molar-refractivity contribution is 6.30. The van der Waals surface area contributed by atoms with E-state index in [1.165, 1.54) is 32.1 Å². The van der Waals surface area contributed by atoms with Crippen molar-refractivity contribution in [3.63, 3.8) is 0 Å².